The highest BCUT2D eigenvalue weighted by molar-refractivity contribution is 5.91. The van der Waals surface area contributed by atoms with Gasteiger partial charge in [0.25, 0.3) is 0 Å². The van der Waals surface area contributed by atoms with Crippen LogP contribution < -0.4 is 5.32 Å². The van der Waals surface area contributed by atoms with Crippen LogP contribution in [0.4, 0.5) is 5.69 Å². The van der Waals surface area contributed by atoms with E-state index in [1.165, 1.54) is 6.08 Å². The van der Waals surface area contributed by atoms with Crippen molar-refractivity contribution in [3.8, 4) is 0 Å². The van der Waals surface area contributed by atoms with Gasteiger partial charge in [0.05, 0.1) is 6.10 Å². The molecule has 0 aliphatic carbocycles. The Kier molecular flexibility index (Phi) is 4.73. The summed E-state index contributed by atoms with van der Waals surface area (Å²) in [6, 6.07) is 9.64. The molecule has 0 aliphatic rings. The van der Waals surface area contributed by atoms with Gasteiger partial charge in [-0.3, -0.25) is 4.79 Å². The smallest absolute Gasteiger partial charge is 0.159 e. The average molecular weight is 219 g/mol. The second-order valence-corrected chi connectivity index (χ2v) is 3.84. The first-order valence-corrected chi connectivity index (χ1v) is 5.29. The summed E-state index contributed by atoms with van der Waals surface area (Å²) in [5.41, 5.74) is 1.72. The third kappa shape index (κ3) is 4.75. The molecule has 1 aromatic rings. The zero-order valence-corrected chi connectivity index (χ0v) is 9.60. The second kappa shape index (κ2) is 6.08. The molecular weight excluding hydrogens is 202 g/mol. The molecule has 0 saturated heterocycles. The number of carbonyl (C=O) groups is 1. The predicted molar refractivity (Wildman–Crippen MR) is 65.1 cm³/mol. The van der Waals surface area contributed by atoms with Gasteiger partial charge in [-0.15, -0.1) is 0 Å². The lowest BCUT2D eigenvalue weighted by Gasteiger charge is -2.06. The van der Waals surface area contributed by atoms with E-state index >= 15 is 0 Å². The molecule has 0 aliphatic heterocycles. The zero-order valence-electron chi connectivity index (χ0n) is 9.60. The summed E-state index contributed by atoms with van der Waals surface area (Å²) < 4.78 is 0. The van der Waals surface area contributed by atoms with Crippen LogP contribution in [0.3, 0.4) is 0 Å². The number of anilines is 1. The van der Waals surface area contributed by atoms with Crippen LogP contribution in [0.2, 0.25) is 0 Å². The minimum absolute atomic E-state index is 0.0732. The van der Waals surface area contributed by atoms with Crippen LogP contribution in [0.5, 0.6) is 0 Å². The molecule has 86 valence electrons. The van der Waals surface area contributed by atoms with Crippen molar-refractivity contribution in [2.45, 2.75) is 26.4 Å². The zero-order chi connectivity index (χ0) is 12.0. The van der Waals surface area contributed by atoms with E-state index in [0.717, 1.165) is 11.4 Å². The summed E-state index contributed by atoms with van der Waals surface area (Å²) in [5, 5.41) is 12.2. The maximum absolute atomic E-state index is 11.4. The first-order valence-electron chi connectivity index (χ1n) is 5.29. The Morgan fingerprint density at radius 3 is 2.62 bits per heavy atom. The van der Waals surface area contributed by atoms with Crippen molar-refractivity contribution in [2.24, 2.45) is 0 Å². The minimum Gasteiger partial charge on any atom is -0.393 e. The molecule has 0 heterocycles. The van der Waals surface area contributed by atoms with E-state index in [9.17, 15) is 4.79 Å². The van der Waals surface area contributed by atoms with E-state index in [2.05, 4.69) is 5.32 Å². The fraction of sp³-hybridized carbons (Fsp3) is 0.308. The van der Waals surface area contributed by atoms with Gasteiger partial charge in [0.1, 0.15) is 0 Å². The third-order valence-corrected chi connectivity index (χ3v) is 1.99. The number of hydrogen-bond donors (Lipinski definition) is 2. The number of allylic oxidation sites excluding steroid dienone is 2. The fourth-order valence-corrected chi connectivity index (χ4v) is 1.38. The number of carbonyl (C=O) groups excluding carboxylic acids is 1. The highest BCUT2D eigenvalue weighted by atomic mass is 16.3. The largest absolute Gasteiger partial charge is 0.393 e. The molecule has 3 nitrogen and oxygen atoms in total. The lowest BCUT2D eigenvalue weighted by molar-refractivity contribution is -0.116. The van der Waals surface area contributed by atoms with Crippen molar-refractivity contribution < 1.29 is 9.90 Å². The SMILES string of the molecule is C/C(=C/C(=O)CC(C)O)Nc1ccccc1. The molecule has 0 saturated carbocycles. The molecule has 0 bridgehead atoms. The van der Waals surface area contributed by atoms with Crippen molar-refractivity contribution in [1.29, 1.82) is 0 Å². The van der Waals surface area contributed by atoms with E-state index in [-0.39, 0.29) is 12.2 Å². The van der Waals surface area contributed by atoms with E-state index in [1.807, 2.05) is 37.3 Å². The van der Waals surface area contributed by atoms with Gasteiger partial charge in [-0.05, 0) is 26.0 Å². The standard InChI is InChI=1S/C13H17NO2/c1-10(8-13(16)9-11(2)15)14-12-6-4-3-5-7-12/h3-8,11,14-15H,9H2,1-2H3/b10-8-. The Morgan fingerprint density at radius 1 is 1.44 bits per heavy atom. The van der Waals surface area contributed by atoms with Gasteiger partial charge in [-0.25, -0.2) is 0 Å². The highest BCUT2D eigenvalue weighted by Crippen LogP contribution is 2.08. The van der Waals surface area contributed by atoms with Crippen molar-refractivity contribution >= 4 is 11.5 Å². The van der Waals surface area contributed by atoms with Crippen LogP contribution >= 0.6 is 0 Å². The van der Waals surface area contributed by atoms with Crippen molar-refractivity contribution in [3.05, 3.63) is 42.1 Å². The summed E-state index contributed by atoms with van der Waals surface area (Å²) in [7, 11) is 0. The quantitative estimate of drug-likeness (QED) is 0.747. The molecule has 1 atom stereocenters. The fourth-order valence-electron chi connectivity index (χ4n) is 1.38. The molecule has 1 aromatic carbocycles. The Hall–Kier alpha value is -1.61. The van der Waals surface area contributed by atoms with Gasteiger partial charge in [0.15, 0.2) is 5.78 Å². The maximum atomic E-state index is 11.4. The molecule has 0 spiro atoms. The Balaban J connectivity index is 2.55. The minimum atomic E-state index is -0.590. The summed E-state index contributed by atoms with van der Waals surface area (Å²) in [6.07, 6.45) is 1.08. The maximum Gasteiger partial charge on any atom is 0.159 e. The molecule has 1 rings (SSSR count). The van der Waals surface area contributed by atoms with Crippen molar-refractivity contribution in [3.63, 3.8) is 0 Å². The summed E-state index contributed by atoms with van der Waals surface area (Å²) in [6.45, 7) is 3.43. The molecule has 1 unspecified atom stereocenters. The molecule has 0 fully saturated rings. The van der Waals surface area contributed by atoms with E-state index in [0.29, 0.717) is 0 Å². The van der Waals surface area contributed by atoms with Gasteiger partial charge in [0, 0.05) is 23.9 Å². The molecule has 0 radical (unpaired) electrons. The third-order valence-electron chi connectivity index (χ3n) is 1.99. The van der Waals surface area contributed by atoms with Crippen LogP contribution in [0.1, 0.15) is 20.3 Å². The summed E-state index contributed by atoms with van der Waals surface area (Å²) >= 11 is 0. The van der Waals surface area contributed by atoms with Crippen molar-refractivity contribution in [1.82, 2.24) is 0 Å². The van der Waals surface area contributed by atoms with Gasteiger partial charge in [-0.1, -0.05) is 18.2 Å². The predicted octanol–water partition coefficient (Wildman–Crippen LogP) is 2.34. The Morgan fingerprint density at radius 2 is 2.06 bits per heavy atom. The number of aliphatic hydroxyl groups excluding tert-OH is 1. The highest BCUT2D eigenvalue weighted by Gasteiger charge is 2.03. The van der Waals surface area contributed by atoms with Gasteiger partial charge in [-0.2, -0.15) is 0 Å². The lowest BCUT2D eigenvalue weighted by Crippen LogP contribution is -2.08. The molecule has 2 N–H and O–H groups in total. The van der Waals surface area contributed by atoms with Gasteiger partial charge >= 0.3 is 0 Å². The van der Waals surface area contributed by atoms with Crippen LogP contribution in [-0.2, 0) is 4.79 Å². The molecular formula is C13H17NO2. The number of rotatable bonds is 5. The van der Waals surface area contributed by atoms with E-state index < -0.39 is 6.10 Å². The molecule has 3 heteroatoms. The molecule has 16 heavy (non-hydrogen) atoms. The van der Waals surface area contributed by atoms with Crippen LogP contribution in [-0.4, -0.2) is 17.0 Å². The lowest BCUT2D eigenvalue weighted by atomic mass is 10.2. The number of hydrogen-bond acceptors (Lipinski definition) is 3. The number of nitrogens with one attached hydrogen (secondary N) is 1. The van der Waals surface area contributed by atoms with Crippen LogP contribution in [0, 0.1) is 0 Å². The summed E-state index contributed by atoms with van der Waals surface area (Å²) in [5.74, 6) is -0.0732. The molecule has 0 aromatic heterocycles. The normalized spacial score (nSPS) is 13.3. The average Bonchev–Trinajstić information content (AvgIpc) is 2.17. The monoisotopic (exact) mass is 219 g/mol. The summed E-state index contributed by atoms with van der Waals surface area (Å²) in [4.78, 5) is 11.4. The number of benzene rings is 1. The number of aliphatic hydroxyl groups is 1. The second-order valence-electron chi connectivity index (χ2n) is 3.84. The Bertz CT molecular complexity index is 369. The molecule has 0 amide bonds. The Labute approximate surface area is 95.8 Å². The van der Waals surface area contributed by atoms with Crippen LogP contribution in [0.15, 0.2) is 42.1 Å². The first-order chi connectivity index (χ1) is 7.58. The number of para-hydroxylation sites is 1. The first kappa shape index (κ1) is 12.5. The van der Waals surface area contributed by atoms with Crippen LogP contribution in [0.25, 0.3) is 0 Å². The van der Waals surface area contributed by atoms with E-state index in [1.54, 1.807) is 6.92 Å². The van der Waals surface area contributed by atoms with Crippen molar-refractivity contribution in [2.75, 3.05) is 5.32 Å². The van der Waals surface area contributed by atoms with E-state index in [4.69, 9.17) is 5.11 Å². The van der Waals surface area contributed by atoms with Gasteiger partial charge < -0.3 is 10.4 Å². The van der Waals surface area contributed by atoms with Gasteiger partial charge in [0.2, 0.25) is 0 Å². The number of ketones is 1. The topological polar surface area (TPSA) is 49.3 Å².